The molecule has 4 aromatic rings. The molecule has 3 heterocycles. The van der Waals surface area contributed by atoms with Crippen LogP contribution in [0.2, 0.25) is 10.0 Å². The highest BCUT2D eigenvalue weighted by molar-refractivity contribution is 6.33. The number of allylic oxidation sites excluding steroid dienone is 3. The predicted octanol–water partition coefficient (Wildman–Crippen LogP) is 8.59. The van der Waals surface area contributed by atoms with Crippen molar-refractivity contribution in [1.29, 1.82) is 0 Å². The Labute approximate surface area is 335 Å². The Morgan fingerprint density at radius 3 is 2.35 bits per heavy atom. The fraction of sp³-hybridized carbons (Fsp3) is 0.279. The molecule has 2 saturated heterocycles. The average Bonchev–Trinajstić information content (AvgIpc) is 3.57. The predicted molar refractivity (Wildman–Crippen MR) is 207 cm³/mol. The minimum Gasteiger partial charge on any atom is -0.507 e. The van der Waals surface area contributed by atoms with E-state index in [4.69, 9.17) is 23.2 Å². The highest BCUT2D eigenvalue weighted by Gasteiger charge is 2.70. The number of amides is 4. The largest absolute Gasteiger partial charge is 0.507 e. The van der Waals surface area contributed by atoms with Crippen molar-refractivity contribution in [2.45, 2.75) is 50.1 Å². The number of para-hydroxylation sites is 1. The number of imide groups is 2. The molecule has 4 aliphatic rings. The van der Waals surface area contributed by atoms with Gasteiger partial charge in [0.25, 0.3) is 11.8 Å². The van der Waals surface area contributed by atoms with Gasteiger partial charge in [-0.15, -0.1) is 6.58 Å². The smallest absolute Gasteiger partial charge is 0.417 e. The molecule has 2 aliphatic heterocycles. The maximum Gasteiger partial charge on any atom is 0.417 e. The van der Waals surface area contributed by atoms with Gasteiger partial charge in [-0.25, -0.2) is 4.98 Å². The van der Waals surface area contributed by atoms with Crippen LogP contribution in [0.15, 0.2) is 103 Å². The lowest BCUT2D eigenvalue weighted by atomic mass is 9.49. The molecule has 3 fully saturated rings. The molecule has 4 amide bonds. The van der Waals surface area contributed by atoms with Crippen molar-refractivity contribution >= 4 is 58.3 Å². The summed E-state index contributed by atoms with van der Waals surface area (Å²) in [5.74, 6) is -7.54. The molecule has 0 bridgehead atoms. The number of hydrogen-bond acceptors (Lipinski definition) is 7. The number of rotatable bonds is 8. The van der Waals surface area contributed by atoms with Crippen molar-refractivity contribution in [2.75, 3.05) is 10.3 Å². The van der Waals surface area contributed by atoms with E-state index in [0.29, 0.717) is 45.2 Å². The number of hydrogen-bond donors (Lipinski definition) is 2. The van der Waals surface area contributed by atoms with E-state index in [1.165, 1.54) is 4.90 Å². The summed E-state index contributed by atoms with van der Waals surface area (Å²) < 4.78 is 40.6. The summed E-state index contributed by atoms with van der Waals surface area (Å²) >= 11 is 12.6. The number of carbonyl (C=O) groups is 4. The third kappa shape index (κ3) is 5.94. The van der Waals surface area contributed by atoms with Gasteiger partial charge >= 0.3 is 6.18 Å². The fourth-order valence-electron chi connectivity index (χ4n) is 9.43. The zero-order valence-corrected chi connectivity index (χ0v) is 31.9. The number of alkyl halides is 3. The van der Waals surface area contributed by atoms with E-state index in [1.54, 1.807) is 60.7 Å². The quantitative estimate of drug-likeness (QED) is 0.135. The molecule has 57 heavy (non-hydrogen) atoms. The number of phenols is 1. The van der Waals surface area contributed by atoms with Crippen molar-refractivity contribution in [1.82, 2.24) is 9.99 Å². The third-order valence-electron chi connectivity index (χ3n) is 12.0. The van der Waals surface area contributed by atoms with E-state index in [9.17, 15) is 32.7 Å². The topological polar surface area (TPSA) is 120 Å². The minimum absolute atomic E-state index is 0.0577. The van der Waals surface area contributed by atoms with Crippen LogP contribution in [0.4, 0.5) is 24.7 Å². The number of phenolic OH excluding ortho intramolecular Hbond substituents is 1. The Kier molecular flexibility index (Phi) is 9.55. The molecule has 6 atom stereocenters. The lowest BCUT2D eigenvalue weighted by Crippen LogP contribution is -2.53. The van der Waals surface area contributed by atoms with Crippen molar-refractivity contribution in [2.24, 2.45) is 23.7 Å². The van der Waals surface area contributed by atoms with Gasteiger partial charge in [0.05, 0.1) is 39.4 Å². The van der Waals surface area contributed by atoms with Gasteiger partial charge in [-0.2, -0.15) is 18.2 Å². The Hall–Kier alpha value is -5.46. The number of pyridine rings is 1. The molecule has 8 rings (SSSR count). The first-order valence-electron chi connectivity index (χ1n) is 18.4. The van der Waals surface area contributed by atoms with Gasteiger partial charge in [-0.1, -0.05) is 90.3 Å². The molecule has 0 unspecified atom stereocenters. The van der Waals surface area contributed by atoms with Gasteiger partial charge in [-0.3, -0.25) is 29.5 Å². The summed E-state index contributed by atoms with van der Waals surface area (Å²) in [6.45, 7) is 5.81. The molecule has 0 spiro atoms. The number of nitrogens with one attached hydrogen (secondary N) is 1. The zero-order chi connectivity index (χ0) is 40.6. The third-order valence-corrected chi connectivity index (χ3v) is 12.5. The SMILES string of the molecule is C=CCc1cccc([C@H]2C3=CC[C@@H]4C(=O)N(c5ccc(CC)cc5)C(=O)[C@@H]4[C@@H]3C[C@H]3C(=O)N(Nc4ncc(C(F)(F)F)cc4Cl)C(=O)[C@@]23c2ccc(Cl)cc2)c1O. The van der Waals surface area contributed by atoms with Crippen LogP contribution in [0, 0.1) is 23.7 Å². The number of fused-ring (bicyclic) bond motifs is 4. The van der Waals surface area contributed by atoms with Gasteiger partial charge in [-0.05, 0) is 78.6 Å². The molecule has 2 aliphatic carbocycles. The molecule has 9 nitrogen and oxygen atoms in total. The average molecular weight is 816 g/mol. The summed E-state index contributed by atoms with van der Waals surface area (Å²) in [4.78, 5) is 64.1. The number of benzene rings is 3. The molecule has 292 valence electrons. The number of aromatic hydroxyl groups is 1. The summed E-state index contributed by atoms with van der Waals surface area (Å²) in [7, 11) is 0. The van der Waals surface area contributed by atoms with Crippen LogP contribution in [0.25, 0.3) is 0 Å². The van der Waals surface area contributed by atoms with Crippen LogP contribution in [-0.2, 0) is 43.6 Å². The Morgan fingerprint density at radius 1 is 0.982 bits per heavy atom. The first-order chi connectivity index (χ1) is 27.2. The van der Waals surface area contributed by atoms with Crippen molar-refractivity contribution in [3.63, 3.8) is 0 Å². The van der Waals surface area contributed by atoms with E-state index >= 15 is 4.79 Å². The Bertz CT molecular complexity index is 2390. The monoisotopic (exact) mass is 814 g/mol. The number of aryl methyl sites for hydroxylation is 1. The number of carbonyl (C=O) groups excluding carboxylic acids is 4. The van der Waals surface area contributed by atoms with E-state index < -0.39 is 69.5 Å². The van der Waals surface area contributed by atoms with Gasteiger partial charge in [0, 0.05) is 22.7 Å². The van der Waals surface area contributed by atoms with E-state index in [-0.39, 0.29) is 36.7 Å². The highest BCUT2D eigenvalue weighted by Crippen LogP contribution is 2.65. The standard InChI is InChI=1S/C43H35Cl2F3N4O5/c1-3-6-23-7-5-8-30(36(23)53)35-28-17-18-29-34(40(56)51(38(29)54)27-15-9-22(4-2)10-16-27)31(28)20-32-39(55)52(41(57)42(32,35)24-11-13-26(44)14-12-24)50-37-33(45)19-25(21-49-37)43(46,47)48/h3,5,7-17,19,21,29,31-32,34-35,53H,1,4,6,18,20H2,2H3,(H,49,50)/t29-,31+,32-,34-,35+,42+/m0/s1. The lowest BCUT2D eigenvalue weighted by Gasteiger charge is -2.50. The van der Waals surface area contributed by atoms with Crippen molar-refractivity contribution < 1.29 is 37.5 Å². The van der Waals surface area contributed by atoms with E-state index in [0.717, 1.165) is 17.0 Å². The van der Waals surface area contributed by atoms with Crippen LogP contribution >= 0.6 is 23.2 Å². The second-order valence-electron chi connectivity index (χ2n) is 14.8. The highest BCUT2D eigenvalue weighted by atomic mass is 35.5. The first kappa shape index (κ1) is 38.4. The Balaban J connectivity index is 1.32. The molecule has 14 heteroatoms. The maximum absolute atomic E-state index is 15.4. The maximum atomic E-state index is 15.4. The first-order valence-corrected chi connectivity index (χ1v) is 19.2. The van der Waals surface area contributed by atoms with Gasteiger partial charge in [0.2, 0.25) is 11.8 Å². The van der Waals surface area contributed by atoms with Crippen LogP contribution < -0.4 is 10.3 Å². The van der Waals surface area contributed by atoms with Gasteiger partial charge in [0.15, 0.2) is 5.82 Å². The van der Waals surface area contributed by atoms with Gasteiger partial charge < -0.3 is 5.11 Å². The van der Waals surface area contributed by atoms with Crippen LogP contribution in [0.1, 0.15) is 53.5 Å². The van der Waals surface area contributed by atoms with E-state index in [1.807, 2.05) is 25.1 Å². The zero-order valence-electron chi connectivity index (χ0n) is 30.4. The molecule has 2 N–H and O–H groups in total. The number of anilines is 2. The number of aromatic nitrogens is 1. The normalized spacial score (nSPS) is 25.6. The molecule has 3 aromatic carbocycles. The van der Waals surface area contributed by atoms with Crippen molar-refractivity contribution in [3.05, 3.63) is 141 Å². The van der Waals surface area contributed by atoms with Crippen molar-refractivity contribution in [3.8, 4) is 5.75 Å². The second-order valence-corrected chi connectivity index (χ2v) is 15.6. The Morgan fingerprint density at radius 2 is 1.70 bits per heavy atom. The molecular weight excluding hydrogens is 780 g/mol. The lowest BCUT2D eigenvalue weighted by molar-refractivity contribution is -0.139. The number of halogens is 5. The summed E-state index contributed by atoms with van der Waals surface area (Å²) in [5, 5.41) is 12.6. The molecule has 0 radical (unpaired) electrons. The number of hydrazine groups is 1. The van der Waals surface area contributed by atoms with Crippen LogP contribution in [0.3, 0.4) is 0 Å². The summed E-state index contributed by atoms with van der Waals surface area (Å²) in [6, 6.07) is 19.4. The molecule has 1 saturated carbocycles. The summed E-state index contributed by atoms with van der Waals surface area (Å²) in [6.07, 6.45) is 0.398. The second kappa shape index (κ2) is 14.2. The van der Waals surface area contributed by atoms with Gasteiger partial charge in [0.1, 0.15) is 5.75 Å². The van der Waals surface area contributed by atoms with E-state index in [2.05, 4.69) is 17.0 Å². The minimum atomic E-state index is -4.76. The van der Waals surface area contributed by atoms with Crippen LogP contribution in [-0.4, -0.2) is 38.7 Å². The molecular formula is C43H35Cl2F3N4O5. The molecule has 1 aromatic heterocycles. The fourth-order valence-corrected chi connectivity index (χ4v) is 9.76. The summed E-state index contributed by atoms with van der Waals surface area (Å²) in [5.41, 5.74) is 2.94. The number of nitrogens with zero attached hydrogens (tertiary/aromatic N) is 3. The van der Waals surface area contributed by atoms with Crippen LogP contribution in [0.5, 0.6) is 5.75 Å².